The SMILES string of the molecule is Cc1nn(C)c(C)c1CN(C(=O)c1cccc(-c2cc(N)ncn2)c1)C1CC1. The molecule has 28 heavy (non-hydrogen) atoms. The average molecular weight is 376 g/mol. The first kappa shape index (κ1) is 18.2. The number of nitrogens with two attached hydrogens (primary N) is 1. The Morgan fingerprint density at radius 2 is 2.04 bits per heavy atom. The van der Waals surface area contributed by atoms with Crippen LogP contribution >= 0.6 is 0 Å². The summed E-state index contributed by atoms with van der Waals surface area (Å²) in [4.78, 5) is 23.5. The minimum absolute atomic E-state index is 0.0361. The van der Waals surface area contributed by atoms with Gasteiger partial charge in [0.1, 0.15) is 12.1 Å². The van der Waals surface area contributed by atoms with Crippen molar-refractivity contribution in [1.82, 2.24) is 24.6 Å². The number of aromatic nitrogens is 4. The van der Waals surface area contributed by atoms with E-state index in [1.54, 1.807) is 6.07 Å². The lowest BCUT2D eigenvalue weighted by Crippen LogP contribution is -2.33. The molecule has 7 nitrogen and oxygen atoms in total. The zero-order chi connectivity index (χ0) is 19.8. The van der Waals surface area contributed by atoms with E-state index < -0.39 is 0 Å². The van der Waals surface area contributed by atoms with Crippen LogP contribution in [-0.2, 0) is 13.6 Å². The van der Waals surface area contributed by atoms with Crippen LogP contribution < -0.4 is 5.73 Å². The normalized spacial score (nSPS) is 13.5. The molecule has 0 unspecified atom stereocenters. The molecule has 1 amide bonds. The van der Waals surface area contributed by atoms with Crippen molar-refractivity contribution in [2.24, 2.45) is 7.05 Å². The number of carbonyl (C=O) groups excluding carboxylic acids is 1. The van der Waals surface area contributed by atoms with Crippen molar-refractivity contribution in [2.75, 3.05) is 5.73 Å². The van der Waals surface area contributed by atoms with Crippen LogP contribution in [0.25, 0.3) is 11.3 Å². The summed E-state index contributed by atoms with van der Waals surface area (Å²) in [6, 6.07) is 9.55. The molecular formula is C21H24N6O. The van der Waals surface area contributed by atoms with Crippen LogP contribution in [0.15, 0.2) is 36.7 Å². The van der Waals surface area contributed by atoms with Crippen LogP contribution in [0.5, 0.6) is 0 Å². The van der Waals surface area contributed by atoms with E-state index in [9.17, 15) is 4.79 Å². The number of rotatable bonds is 5. The third-order valence-electron chi connectivity index (χ3n) is 5.33. The maximum absolute atomic E-state index is 13.4. The molecule has 1 fully saturated rings. The summed E-state index contributed by atoms with van der Waals surface area (Å²) in [5.74, 6) is 0.442. The Morgan fingerprint density at radius 3 is 2.68 bits per heavy atom. The minimum Gasteiger partial charge on any atom is -0.384 e. The fraction of sp³-hybridized carbons (Fsp3) is 0.333. The highest BCUT2D eigenvalue weighted by Crippen LogP contribution is 2.31. The fourth-order valence-corrected chi connectivity index (χ4v) is 3.48. The second kappa shape index (κ2) is 7.07. The standard InChI is InChI=1S/C21H24N6O/c1-13-18(14(2)26(3)25-13)11-27(17-7-8-17)21(28)16-6-4-5-15(9-16)19-10-20(22)24-12-23-19/h4-6,9-10,12,17H,7-8,11H2,1-3H3,(H2,22,23,24). The summed E-state index contributed by atoms with van der Waals surface area (Å²) in [5, 5.41) is 4.49. The molecule has 3 aromatic rings. The van der Waals surface area contributed by atoms with Gasteiger partial charge in [-0.15, -0.1) is 0 Å². The summed E-state index contributed by atoms with van der Waals surface area (Å²) in [6.07, 6.45) is 3.53. The average Bonchev–Trinajstić information content (AvgIpc) is 3.49. The van der Waals surface area contributed by atoms with Crippen LogP contribution in [0.3, 0.4) is 0 Å². The van der Waals surface area contributed by atoms with Crippen molar-refractivity contribution in [2.45, 2.75) is 39.3 Å². The topological polar surface area (TPSA) is 89.9 Å². The number of anilines is 1. The summed E-state index contributed by atoms with van der Waals surface area (Å²) < 4.78 is 1.88. The second-order valence-electron chi connectivity index (χ2n) is 7.35. The largest absolute Gasteiger partial charge is 0.384 e. The Kier molecular flexibility index (Phi) is 4.58. The van der Waals surface area contributed by atoms with Gasteiger partial charge in [0.15, 0.2) is 0 Å². The van der Waals surface area contributed by atoms with E-state index in [0.717, 1.165) is 35.4 Å². The van der Waals surface area contributed by atoms with Gasteiger partial charge in [-0.05, 0) is 38.8 Å². The molecule has 144 valence electrons. The molecule has 0 aliphatic heterocycles. The molecule has 1 aliphatic rings. The molecule has 0 saturated heterocycles. The second-order valence-corrected chi connectivity index (χ2v) is 7.35. The highest BCUT2D eigenvalue weighted by molar-refractivity contribution is 5.95. The van der Waals surface area contributed by atoms with Gasteiger partial charge in [0.05, 0.1) is 11.4 Å². The van der Waals surface area contributed by atoms with Crippen LogP contribution in [0.2, 0.25) is 0 Å². The van der Waals surface area contributed by atoms with Gasteiger partial charge in [-0.25, -0.2) is 9.97 Å². The molecule has 2 N–H and O–H groups in total. The summed E-state index contributed by atoms with van der Waals surface area (Å²) in [7, 11) is 1.94. The Labute approximate surface area is 164 Å². The third-order valence-corrected chi connectivity index (χ3v) is 5.33. The molecule has 1 aromatic carbocycles. The van der Waals surface area contributed by atoms with Crippen molar-refractivity contribution in [3.8, 4) is 11.3 Å². The molecule has 1 saturated carbocycles. The van der Waals surface area contributed by atoms with Crippen LogP contribution in [0.4, 0.5) is 5.82 Å². The number of amides is 1. The number of carbonyl (C=O) groups is 1. The molecule has 7 heteroatoms. The molecule has 4 rings (SSSR count). The molecular weight excluding hydrogens is 352 g/mol. The number of aryl methyl sites for hydroxylation is 2. The Morgan fingerprint density at radius 1 is 1.25 bits per heavy atom. The number of benzene rings is 1. The maximum atomic E-state index is 13.4. The summed E-state index contributed by atoms with van der Waals surface area (Å²) in [5.41, 5.74) is 11.2. The maximum Gasteiger partial charge on any atom is 0.254 e. The number of hydrogen-bond donors (Lipinski definition) is 1. The van der Waals surface area contributed by atoms with Gasteiger partial charge in [0.25, 0.3) is 5.91 Å². The summed E-state index contributed by atoms with van der Waals surface area (Å²) >= 11 is 0. The van der Waals surface area contributed by atoms with Crippen molar-refractivity contribution in [3.05, 3.63) is 59.2 Å². The zero-order valence-corrected chi connectivity index (χ0v) is 16.4. The third kappa shape index (κ3) is 3.47. The minimum atomic E-state index is 0.0361. The van der Waals surface area contributed by atoms with E-state index >= 15 is 0 Å². The Balaban J connectivity index is 1.64. The van der Waals surface area contributed by atoms with Crippen LogP contribution in [0, 0.1) is 13.8 Å². The Bertz CT molecular complexity index is 1040. The van der Waals surface area contributed by atoms with E-state index in [1.165, 1.54) is 6.33 Å². The smallest absolute Gasteiger partial charge is 0.254 e. The van der Waals surface area contributed by atoms with E-state index in [0.29, 0.717) is 29.7 Å². The molecule has 0 atom stereocenters. The number of hydrogen-bond acceptors (Lipinski definition) is 5. The van der Waals surface area contributed by atoms with E-state index in [-0.39, 0.29) is 5.91 Å². The first-order chi connectivity index (χ1) is 13.4. The van der Waals surface area contributed by atoms with Gasteiger partial charge >= 0.3 is 0 Å². The van der Waals surface area contributed by atoms with Crippen LogP contribution in [0.1, 0.15) is 40.2 Å². The molecule has 1 aliphatic carbocycles. The van der Waals surface area contributed by atoms with Gasteiger partial charge < -0.3 is 10.6 Å². The van der Waals surface area contributed by atoms with Gasteiger partial charge in [0, 0.05) is 48.1 Å². The quantitative estimate of drug-likeness (QED) is 0.739. The summed E-state index contributed by atoms with van der Waals surface area (Å²) in [6.45, 7) is 4.63. The van der Waals surface area contributed by atoms with E-state index in [4.69, 9.17) is 5.73 Å². The Hall–Kier alpha value is -3.22. The molecule has 2 heterocycles. The molecule has 2 aromatic heterocycles. The molecule has 0 radical (unpaired) electrons. The fourth-order valence-electron chi connectivity index (χ4n) is 3.48. The zero-order valence-electron chi connectivity index (χ0n) is 16.4. The lowest BCUT2D eigenvalue weighted by Gasteiger charge is -2.23. The number of nitrogen functional groups attached to an aromatic ring is 1. The van der Waals surface area contributed by atoms with Crippen molar-refractivity contribution in [3.63, 3.8) is 0 Å². The first-order valence-corrected chi connectivity index (χ1v) is 9.42. The van der Waals surface area contributed by atoms with Crippen LogP contribution in [-0.4, -0.2) is 36.6 Å². The number of nitrogens with zero attached hydrogens (tertiary/aromatic N) is 5. The lowest BCUT2D eigenvalue weighted by atomic mass is 10.1. The predicted octanol–water partition coefficient (Wildman–Crippen LogP) is 2.88. The van der Waals surface area contributed by atoms with E-state index in [1.807, 2.05) is 54.7 Å². The van der Waals surface area contributed by atoms with Gasteiger partial charge in [-0.3, -0.25) is 9.48 Å². The van der Waals surface area contributed by atoms with Crippen molar-refractivity contribution >= 4 is 11.7 Å². The van der Waals surface area contributed by atoms with Crippen molar-refractivity contribution < 1.29 is 4.79 Å². The monoisotopic (exact) mass is 376 g/mol. The highest BCUT2D eigenvalue weighted by atomic mass is 16.2. The highest BCUT2D eigenvalue weighted by Gasteiger charge is 2.34. The predicted molar refractivity (Wildman–Crippen MR) is 107 cm³/mol. The van der Waals surface area contributed by atoms with Gasteiger partial charge in [-0.2, -0.15) is 5.10 Å². The first-order valence-electron chi connectivity index (χ1n) is 9.42. The molecule has 0 spiro atoms. The molecule has 0 bridgehead atoms. The van der Waals surface area contributed by atoms with Gasteiger partial charge in [-0.1, -0.05) is 12.1 Å². The lowest BCUT2D eigenvalue weighted by molar-refractivity contribution is 0.0729. The van der Waals surface area contributed by atoms with E-state index in [2.05, 4.69) is 15.1 Å². The van der Waals surface area contributed by atoms with Gasteiger partial charge in [0.2, 0.25) is 0 Å². The van der Waals surface area contributed by atoms with Crippen molar-refractivity contribution in [1.29, 1.82) is 0 Å².